The van der Waals surface area contributed by atoms with Crippen LogP contribution in [-0.4, -0.2) is 41.8 Å². The SMILES string of the molecule is N#CCN1C[C@@H](NC(=O)O)[C@H](c2ccccc2)C1. The van der Waals surface area contributed by atoms with Crippen LogP contribution in [0.1, 0.15) is 11.5 Å². The van der Waals surface area contributed by atoms with Crippen molar-refractivity contribution in [2.24, 2.45) is 0 Å². The van der Waals surface area contributed by atoms with Crippen LogP contribution in [0.2, 0.25) is 0 Å². The summed E-state index contributed by atoms with van der Waals surface area (Å²) in [5, 5.41) is 20.1. The number of carbonyl (C=O) groups is 1. The lowest BCUT2D eigenvalue weighted by Crippen LogP contribution is -2.38. The highest BCUT2D eigenvalue weighted by atomic mass is 16.4. The van der Waals surface area contributed by atoms with E-state index in [1.165, 1.54) is 0 Å². The van der Waals surface area contributed by atoms with E-state index in [1.54, 1.807) is 0 Å². The molecule has 2 N–H and O–H groups in total. The van der Waals surface area contributed by atoms with Crippen LogP contribution < -0.4 is 5.32 Å². The van der Waals surface area contributed by atoms with Gasteiger partial charge in [0.15, 0.2) is 0 Å². The molecule has 94 valence electrons. The van der Waals surface area contributed by atoms with Crippen molar-refractivity contribution in [2.75, 3.05) is 19.6 Å². The summed E-state index contributed by atoms with van der Waals surface area (Å²) in [5.41, 5.74) is 1.11. The lowest BCUT2D eigenvalue weighted by Gasteiger charge is -2.18. The number of amides is 1. The zero-order chi connectivity index (χ0) is 13.0. The van der Waals surface area contributed by atoms with Crippen molar-refractivity contribution in [3.8, 4) is 6.07 Å². The van der Waals surface area contributed by atoms with Crippen molar-refractivity contribution in [3.05, 3.63) is 35.9 Å². The number of likely N-dealkylation sites (tertiary alicyclic amines) is 1. The van der Waals surface area contributed by atoms with Crippen molar-refractivity contribution < 1.29 is 9.90 Å². The van der Waals surface area contributed by atoms with Crippen LogP contribution in [0, 0.1) is 11.3 Å². The third-order valence-electron chi connectivity index (χ3n) is 3.23. The van der Waals surface area contributed by atoms with E-state index in [0.29, 0.717) is 19.6 Å². The Kier molecular flexibility index (Phi) is 3.80. The molecule has 18 heavy (non-hydrogen) atoms. The molecule has 0 saturated carbocycles. The Morgan fingerprint density at radius 1 is 1.44 bits per heavy atom. The average molecular weight is 245 g/mol. The summed E-state index contributed by atoms with van der Waals surface area (Å²) >= 11 is 0. The third kappa shape index (κ3) is 2.79. The Morgan fingerprint density at radius 2 is 2.17 bits per heavy atom. The summed E-state index contributed by atoms with van der Waals surface area (Å²) in [7, 11) is 0. The standard InChI is InChI=1S/C13H15N3O2/c14-6-7-16-8-11(10-4-2-1-3-5-10)12(9-16)15-13(17)18/h1-5,11-12,15H,7-9H2,(H,17,18)/t11-,12+/m0/s1. The maximum Gasteiger partial charge on any atom is 0.404 e. The van der Waals surface area contributed by atoms with Crippen LogP contribution in [0.3, 0.4) is 0 Å². The van der Waals surface area contributed by atoms with Crippen LogP contribution in [0.4, 0.5) is 4.79 Å². The van der Waals surface area contributed by atoms with Crippen molar-refractivity contribution in [1.82, 2.24) is 10.2 Å². The molecule has 5 nitrogen and oxygen atoms in total. The quantitative estimate of drug-likeness (QED) is 0.786. The van der Waals surface area contributed by atoms with Crippen LogP contribution in [0.25, 0.3) is 0 Å². The van der Waals surface area contributed by atoms with Gasteiger partial charge in [0.25, 0.3) is 0 Å². The number of benzene rings is 1. The summed E-state index contributed by atoms with van der Waals surface area (Å²) < 4.78 is 0. The Labute approximate surface area is 106 Å². The van der Waals surface area contributed by atoms with Crippen LogP contribution in [0.5, 0.6) is 0 Å². The zero-order valence-electron chi connectivity index (χ0n) is 9.91. The predicted molar refractivity (Wildman–Crippen MR) is 66.2 cm³/mol. The van der Waals surface area contributed by atoms with E-state index in [1.807, 2.05) is 35.2 Å². The first-order valence-corrected chi connectivity index (χ1v) is 5.84. The second-order valence-corrected chi connectivity index (χ2v) is 4.43. The molecule has 1 aliphatic rings. The fourth-order valence-corrected chi connectivity index (χ4v) is 2.46. The Morgan fingerprint density at radius 3 is 2.78 bits per heavy atom. The van der Waals surface area contributed by atoms with Crippen molar-refractivity contribution >= 4 is 6.09 Å². The summed E-state index contributed by atoms with van der Waals surface area (Å²) in [6.45, 7) is 1.63. The number of rotatable bonds is 3. The first-order valence-electron chi connectivity index (χ1n) is 5.84. The molecular formula is C13H15N3O2. The summed E-state index contributed by atoms with van der Waals surface area (Å²) in [6.07, 6.45) is -1.01. The monoisotopic (exact) mass is 245 g/mol. The van der Waals surface area contributed by atoms with Gasteiger partial charge in [-0.25, -0.2) is 4.79 Å². The second-order valence-electron chi connectivity index (χ2n) is 4.43. The predicted octanol–water partition coefficient (Wildman–Crippen LogP) is 1.25. The minimum Gasteiger partial charge on any atom is -0.465 e. The Hall–Kier alpha value is -2.06. The summed E-state index contributed by atoms with van der Waals surface area (Å²) in [4.78, 5) is 12.8. The highest BCUT2D eigenvalue weighted by Crippen LogP contribution is 2.27. The van der Waals surface area contributed by atoms with Crippen LogP contribution in [0.15, 0.2) is 30.3 Å². The van der Waals surface area contributed by atoms with Crippen LogP contribution >= 0.6 is 0 Å². The molecule has 0 unspecified atom stereocenters. The van der Waals surface area contributed by atoms with E-state index in [0.717, 1.165) is 5.56 Å². The Bertz CT molecular complexity index is 455. The molecule has 1 aromatic rings. The lowest BCUT2D eigenvalue weighted by atomic mass is 9.94. The number of nitrogens with zero attached hydrogens (tertiary/aromatic N) is 2. The van der Waals surface area contributed by atoms with Gasteiger partial charge in [0.05, 0.1) is 18.7 Å². The lowest BCUT2D eigenvalue weighted by molar-refractivity contribution is 0.189. The summed E-state index contributed by atoms with van der Waals surface area (Å²) in [5.74, 6) is 0.107. The molecule has 2 atom stereocenters. The first kappa shape index (κ1) is 12.4. The normalized spacial score (nSPS) is 23.5. The molecule has 1 fully saturated rings. The molecule has 0 aliphatic carbocycles. The minimum atomic E-state index is -1.01. The van der Waals surface area contributed by atoms with E-state index in [-0.39, 0.29) is 12.0 Å². The third-order valence-corrected chi connectivity index (χ3v) is 3.23. The molecule has 1 heterocycles. The van der Waals surface area contributed by atoms with Gasteiger partial charge in [-0.15, -0.1) is 0 Å². The van der Waals surface area contributed by atoms with Gasteiger partial charge < -0.3 is 10.4 Å². The maximum absolute atomic E-state index is 10.8. The highest BCUT2D eigenvalue weighted by molar-refractivity contribution is 5.65. The molecule has 0 radical (unpaired) electrons. The number of hydrogen-bond donors (Lipinski definition) is 2. The fraction of sp³-hybridized carbons (Fsp3) is 0.385. The molecule has 1 amide bonds. The second kappa shape index (κ2) is 5.52. The molecule has 0 aromatic heterocycles. The van der Waals surface area contributed by atoms with E-state index in [9.17, 15) is 4.79 Å². The molecule has 2 rings (SSSR count). The van der Waals surface area contributed by atoms with Gasteiger partial charge in [0.2, 0.25) is 0 Å². The van der Waals surface area contributed by atoms with Crippen molar-refractivity contribution in [2.45, 2.75) is 12.0 Å². The van der Waals surface area contributed by atoms with Gasteiger partial charge in [-0.3, -0.25) is 4.90 Å². The van der Waals surface area contributed by atoms with Gasteiger partial charge in [0.1, 0.15) is 0 Å². The van der Waals surface area contributed by atoms with E-state index in [2.05, 4.69) is 11.4 Å². The smallest absolute Gasteiger partial charge is 0.404 e. The molecule has 0 spiro atoms. The number of carboxylic acid groups (broad SMARTS) is 1. The number of nitrogens with one attached hydrogen (secondary N) is 1. The molecule has 0 bridgehead atoms. The molecule has 1 aliphatic heterocycles. The fourth-order valence-electron chi connectivity index (χ4n) is 2.46. The highest BCUT2D eigenvalue weighted by Gasteiger charge is 2.34. The summed E-state index contributed by atoms with van der Waals surface area (Å²) in [6, 6.07) is 11.8. The van der Waals surface area contributed by atoms with Gasteiger partial charge >= 0.3 is 6.09 Å². The van der Waals surface area contributed by atoms with Crippen molar-refractivity contribution in [1.29, 1.82) is 5.26 Å². The average Bonchev–Trinajstić information content (AvgIpc) is 2.73. The first-order chi connectivity index (χ1) is 8.70. The topological polar surface area (TPSA) is 76.4 Å². The number of nitriles is 1. The largest absolute Gasteiger partial charge is 0.465 e. The number of hydrogen-bond acceptors (Lipinski definition) is 3. The molecular weight excluding hydrogens is 230 g/mol. The molecule has 1 saturated heterocycles. The Balaban J connectivity index is 2.15. The van der Waals surface area contributed by atoms with E-state index in [4.69, 9.17) is 10.4 Å². The van der Waals surface area contributed by atoms with E-state index < -0.39 is 6.09 Å². The van der Waals surface area contributed by atoms with Gasteiger partial charge in [-0.2, -0.15) is 5.26 Å². The van der Waals surface area contributed by atoms with Gasteiger partial charge in [-0.1, -0.05) is 30.3 Å². The molecule has 5 heteroatoms. The van der Waals surface area contributed by atoms with Crippen LogP contribution in [-0.2, 0) is 0 Å². The van der Waals surface area contributed by atoms with Crippen molar-refractivity contribution in [3.63, 3.8) is 0 Å². The maximum atomic E-state index is 10.8. The zero-order valence-corrected chi connectivity index (χ0v) is 9.91. The van der Waals surface area contributed by atoms with Gasteiger partial charge in [0, 0.05) is 19.0 Å². The molecule has 1 aromatic carbocycles. The van der Waals surface area contributed by atoms with Gasteiger partial charge in [-0.05, 0) is 5.56 Å². The minimum absolute atomic E-state index is 0.107. The van der Waals surface area contributed by atoms with E-state index >= 15 is 0 Å².